The monoisotopic (exact) mass is 268 g/mol. The van der Waals surface area contributed by atoms with Gasteiger partial charge in [0.05, 0.1) is 5.56 Å². The van der Waals surface area contributed by atoms with Crippen LogP contribution in [0.2, 0.25) is 0 Å². The summed E-state index contributed by atoms with van der Waals surface area (Å²) in [5.74, 6) is -0.804. The maximum absolute atomic E-state index is 12.0. The molecule has 1 rings (SSSR count). The maximum Gasteiger partial charge on any atom is 0.251 e. The first-order valence-electron chi connectivity index (χ1n) is 6.09. The average Bonchev–Trinajstić information content (AvgIpc) is 2.25. The Labute approximate surface area is 111 Å². The van der Waals surface area contributed by atoms with Gasteiger partial charge >= 0.3 is 0 Å². The Morgan fingerprint density at radius 3 is 2.53 bits per heavy atom. The molecule has 0 aliphatic heterocycles. The number of rotatable bonds is 4. The number of aromatic amines is 1. The number of aromatic hydroxyl groups is 1. The van der Waals surface area contributed by atoms with Crippen LogP contribution < -0.4 is 10.9 Å². The quantitative estimate of drug-likeness (QED) is 0.642. The number of carbonyl (C=O) groups is 1. The topological polar surface area (TPSA) is 102 Å². The molecule has 0 fully saturated rings. The van der Waals surface area contributed by atoms with E-state index in [1.807, 2.05) is 20.8 Å². The van der Waals surface area contributed by atoms with Crippen molar-refractivity contribution in [1.82, 2.24) is 10.3 Å². The molecule has 6 heteroatoms. The highest BCUT2D eigenvalue weighted by Gasteiger charge is 2.26. The van der Waals surface area contributed by atoms with Crippen LogP contribution in [0.15, 0.2) is 16.9 Å². The van der Waals surface area contributed by atoms with E-state index in [0.717, 1.165) is 6.07 Å². The number of hydrogen-bond donors (Lipinski definition) is 4. The van der Waals surface area contributed by atoms with Gasteiger partial charge in [-0.1, -0.05) is 20.8 Å². The smallest absolute Gasteiger partial charge is 0.251 e. The third-order valence-electron chi connectivity index (χ3n) is 2.86. The Kier molecular flexibility index (Phi) is 4.72. The fourth-order valence-corrected chi connectivity index (χ4v) is 1.75. The van der Waals surface area contributed by atoms with E-state index in [1.165, 1.54) is 6.07 Å². The van der Waals surface area contributed by atoms with Gasteiger partial charge < -0.3 is 15.5 Å². The van der Waals surface area contributed by atoms with Crippen molar-refractivity contribution in [3.63, 3.8) is 0 Å². The third kappa shape index (κ3) is 4.40. The summed E-state index contributed by atoms with van der Waals surface area (Å²) in [6.07, 6.45) is 0.421. The predicted octanol–water partition coefficient (Wildman–Crippen LogP) is 0.607. The third-order valence-corrected chi connectivity index (χ3v) is 2.86. The highest BCUT2D eigenvalue weighted by molar-refractivity contribution is 5.94. The number of aromatic nitrogens is 1. The van der Waals surface area contributed by atoms with Crippen molar-refractivity contribution in [2.45, 2.75) is 33.2 Å². The van der Waals surface area contributed by atoms with Crippen molar-refractivity contribution in [3.8, 4) is 5.88 Å². The number of nitrogens with one attached hydrogen (secondary N) is 2. The molecule has 0 bridgehead atoms. The first kappa shape index (κ1) is 15.2. The van der Waals surface area contributed by atoms with Crippen LogP contribution in [0.1, 0.15) is 37.6 Å². The molecule has 0 aromatic carbocycles. The highest BCUT2D eigenvalue weighted by Crippen LogP contribution is 2.22. The van der Waals surface area contributed by atoms with Crippen LogP contribution in [-0.4, -0.2) is 33.8 Å². The molecule has 0 saturated heterocycles. The van der Waals surface area contributed by atoms with Gasteiger partial charge in [-0.2, -0.15) is 0 Å². The second-order valence-electron chi connectivity index (χ2n) is 5.52. The van der Waals surface area contributed by atoms with E-state index in [2.05, 4.69) is 10.3 Å². The SMILES string of the molecule is CC(C)(C)C(CCO)NC(=O)c1cc(O)[nH]c(=O)c1. The van der Waals surface area contributed by atoms with Crippen LogP contribution in [0, 0.1) is 5.41 Å². The van der Waals surface area contributed by atoms with Gasteiger partial charge in [-0.25, -0.2) is 0 Å². The molecule has 0 aliphatic carbocycles. The molecule has 0 radical (unpaired) electrons. The minimum absolute atomic E-state index is 0.0388. The highest BCUT2D eigenvalue weighted by atomic mass is 16.3. The number of aliphatic hydroxyl groups excluding tert-OH is 1. The molecule has 1 atom stereocenters. The largest absolute Gasteiger partial charge is 0.494 e. The number of carbonyl (C=O) groups excluding carboxylic acids is 1. The van der Waals surface area contributed by atoms with Gasteiger partial charge in [0, 0.05) is 24.8 Å². The molecule has 0 aliphatic rings. The summed E-state index contributed by atoms with van der Waals surface area (Å²) in [7, 11) is 0. The zero-order chi connectivity index (χ0) is 14.6. The summed E-state index contributed by atoms with van der Waals surface area (Å²) in [5, 5.41) is 21.1. The van der Waals surface area contributed by atoms with E-state index < -0.39 is 11.5 Å². The lowest BCUT2D eigenvalue weighted by Crippen LogP contribution is -2.44. The zero-order valence-electron chi connectivity index (χ0n) is 11.4. The fraction of sp³-hybridized carbons (Fsp3) is 0.538. The molecule has 1 heterocycles. The first-order valence-corrected chi connectivity index (χ1v) is 6.09. The molecule has 4 N–H and O–H groups in total. The minimum atomic E-state index is -0.542. The first-order chi connectivity index (χ1) is 8.74. The van der Waals surface area contributed by atoms with Gasteiger partial charge in [-0.05, 0) is 11.8 Å². The lowest BCUT2D eigenvalue weighted by molar-refractivity contribution is 0.0884. The summed E-state index contributed by atoms with van der Waals surface area (Å²) in [4.78, 5) is 25.4. The van der Waals surface area contributed by atoms with E-state index in [1.54, 1.807) is 0 Å². The van der Waals surface area contributed by atoms with E-state index >= 15 is 0 Å². The van der Waals surface area contributed by atoms with Crippen molar-refractivity contribution in [3.05, 3.63) is 28.0 Å². The number of H-pyrrole nitrogens is 1. The van der Waals surface area contributed by atoms with Gasteiger partial charge in [-0.15, -0.1) is 0 Å². The van der Waals surface area contributed by atoms with Gasteiger partial charge in [0.15, 0.2) is 5.88 Å². The van der Waals surface area contributed by atoms with E-state index in [0.29, 0.717) is 6.42 Å². The van der Waals surface area contributed by atoms with E-state index in [9.17, 15) is 14.7 Å². The fourth-order valence-electron chi connectivity index (χ4n) is 1.75. The maximum atomic E-state index is 12.0. The van der Waals surface area contributed by atoms with Crippen molar-refractivity contribution in [2.24, 2.45) is 5.41 Å². The second-order valence-corrected chi connectivity index (χ2v) is 5.52. The molecule has 1 aromatic rings. The van der Waals surface area contributed by atoms with Crippen molar-refractivity contribution in [2.75, 3.05) is 6.61 Å². The summed E-state index contributed by atoms with van der Waals surface area (Å²) < 4.78 is 0. The summed E-state index contributed by atoms with van der Waals surface area (Å²) in [6, 6.07) is 2.08. The summed E-state index contributed by atoms with van der Waals surface area (Å²) in [6.45, 7) is 5.80. The Morgan fingerprint density at radius 2 is 2.05 bits per heavy atom. The number of amides is 1. The minimum Gasteiger partial charge on any atom is -0.494 e. The molecule has 6 nitrogen and oxygen atoms in total. The zero-order valence-corrected chi connectivity index (χ0v) is 11.4. The molecule has 0 spiro atoms. The number of hydrogen-bond acceptors (Lipinski definition) is 4. The Balaban J connectivity index is 2.90. The second kappa shape index (κ2) is 5.88. The Morgan fingerprint density at radius 1 is 1.42 bits per heavy atom. The van der Waals surface area contributed by atoms with Gasteiger partial charge in [0.25, 0.3) is 11.5 Å². The van der Waals surface area contributed by atoms with Crippen LogP contribution in [-0.2, 0) is 0 Å². The van der Waals surface area contributed by atoms with Crippen LogP contribution in [0.4, 0.5) is 0 Å². The number of pyridine rings is 1. The average molecular weight is 268 g/mol. The van der Waals surface area contributed by atoms with Crippen molar-refractivity contribution >= 4 is 5.91 Å². The standard InChI is InChI=1S/C13H20N2O4/c1-13(2,3)9(4-5-16)14-12(19)8-6-10(17)15-11(18)7-8/h6-7,9,16H,4-5H2,1-3H3,(H,14,19)(H2,15,17,18). The molecular formula is C13H20N2O4. The van der Waals surface area contributed by atoms with Gasteiger partial charge in [0.2, 0.25) is 0 Å². The van der Waals surface area contributed by atoms with Crippen molar-refractivity contribution < 1.29 is 15.0 Å². The molecule has 0 saturated carbocycles. The normalized spacial score (nSPS) is 13.1. The lowest BCUT2D eigenvalue weighted by Gasteiger charge is -2.31. The van der Waals surface area contributed by atoms with Crippen LogP contribution >= 0.6 is 0 Å². The molecule has 19 heavy (non-hydrogen) atoms. The predicted molar refractivity (Wildman–Crippen MR) is 71.1 cm³/mol. The molecule has 1 aromatic heterocycles. The van der Waals surface area contributed by atoms with Gasteiger partial charge in [0.1, 0.15) is 0 Å². The molecular weight excluding hydrogens is 248 g/mol. The number of aliphatic hydroxyl groups is 1. The van der Waals surface area contributed by atoms with Crippen molar-refractivity contribution in [1.29, 1.82) is 0 Å². The molecule has 106 valence electrons. The van der Waals surface area contributed by atoms with Crippen LogP contribution in [0.25, 0.3) is 0 Å². The Bertz CT molecular complexity index is 502. The molecule has 1 amide bonds. The van der Waals surface area contributed by atoms with Crippen LogP contribution in [0.5, 0.6) is 5.88 Å². The van der Waals surface area contributed by atoms with E-state index in [4.69, 9.17) is 5.11 Å². The lowest BCUT2D eigenvalue weighted by atomic mass is 9.85. The van der Waals surface area contributed by atoms with E-state index in [-0.39, 0.29) is 29.5 Å². The Hall–Kier alpha value is -1.82. The summed E-state index contributed by atoms with van der Waals surface area (Å²) in [5.41, 5.74) is -0.671. The van der Waals surface area contributed by atoms with Crippen LogP contribution in [0.3, 0.4) is 0 Å². The molecule has 1 unspecified atom stereocenters. The van der Waals surface area contributed by atoms with Gasteiger partial charge in [-0.3, -0.25) is 14.6 Å². The summed E-state index contributed by atoms with van der Waals surface area (Å²) >= 11 is 0.